The van der Waals surface area contributed by atoms with Gasteiger partial charge in [-0.1, -0.05) is 194 Å². The molecule has 10 aromatic carbocycles. The van der Waals surface area contributed by atoms with Crippen molar-refractivity contribution in [2.75, 3.05) is 0 Å². The van der Waals surface area contributed by atoms with Crippen molar-refractivity contribution >= 4 is 65.6 Å². The number of nitrogens with zero attached hydrogens (tertiary/aromatic N) is 5. The van der Waals surface area contributed by atoms with E-state index >= 15 is 0 Å². The van der Waals surface area contributed by atoms with Gasteiger partial charge < -0.3 is 8.98 Å². The van der Waals surface area contributed by atoms with E-state index < -0.39 is 0 Å². The first-order chi connectivity index (χ1) is 34.2. The summed E-state index contributed by atoms with van der Waals surface area (Å²) in [5, 5.41) is 6.60. The Morgan fingerprint density at radius 1 is 0.290 bits per heavy atom. The summed E-state index contributed by atoms with van der Waals surface area (Å²) in [6, 6.07) is 83.4. The number of rotatable bonds is 7. The second-order valence-electron chi connectivity index (χ2n) is 17.6. The lowest BCUT2D eigenvalue weighted by atomic mass is 9.98. The van der Waals surface area contributed by atoms with Crippen LogP contribution in [0.3, 0.4) is 0 Å². The molecule has 322 valence electrons. The predicted molar refractivity (Wildman–Crippen MR) is 283 cm³/mol. The second-order valence-corrected chi connectivity index (χ2v) is 17.6. The van der Waals surface area contributed by atoms with Crippen LogP contribution in [0.5, 0.6) is 0 Å². The van der Waals surface area contributed by atoms with Gasteiger partial charge in [-0.25, -0.2) is 4.98 Å². The number of hydrogen-bond donors (Lipinski definition) is 0. The third kappa shape index (κ3) is 6.30. The largest absolute Gasteiger partial charge is 0.456 e. The summed E-state index contributed by atoms with van der Waals surface area (Å²) in [4.78, 5) is 16.1. The molecule has 14 aromatic rings. The van der Waals surface area contributed by atoms with E-state index in [2.05, 4.69) is 221 Å². The molecule has 0 N–H and O–H groups in total. The molecular formula is C63H39N5O. The van der Waals surface area contributed by atoms with Crippen molar-refractivity contribution in [1.82, 2.24) is 24.1 Å². The van der Waals surface area contributed by atoms with Gasteiger partial charge in [0.15, 0.2) is 11.6 Å². The summed E-state index contributed by atoms with van der Waals surface area (Å²) in [5.41, 5.74) is 15.4. The highest BCUT2D eigenvalue weighted by Crippen LogP contribution is 2.44. The Kier molecular flexibility index (Phi) is 8.79. The average Bonchev–Trinajstić information content (AvgIpc) is 4.09. The first-order valence-electron chi connectivity index (χ1n) is 23.3. The summed E-state index contributed by atoms with van der Waals surface area (Å²) in [6.07, 6.45) is 0. The van der Waals surface area contributed by atoms with Gasteiger partial charge in [0.2, 0.25) is 5.95 Å². The van der Waals surface area contributed by atoms with Crippen molar-refractivity contribution in [2.45, 2.75) is 0 Å². The molecule has 14 rings (SSSR count). The standard InChI is InChI=1S/C63H39N5O/c1-5-17-40(18-6-1)44-29-32-47(42-21-9-3-10-22-42)56(37-44)67-54-27-15-13-25-48(54)52-35-36-53-49-26-14-16-28-55(49)68(60(53)59(52)67)63-65-61(43-23-11-4-12-24-43)64-62(66-63)46-31-34-51-50-33-30-45(41-19-7-2-8-20-41)38-57(50)69-58(51)39-46/h1-39H. The van der Waals surface area contributed by atoms with Gasteiger partial charge in [-0.3, -0.25) is 4.57 Å². The number of aromatic nitrogens is 5. The lowest BCUT2D eigenvalue weighted by Gasteiger charge is -2.17. The second kappa shape index (κ2) is 15.6. The van der Waals surface area contributed by atoms with Gasteiger partial charge in [0.25, 0.3) is 0 Å². The molecule has 0 aliphatic rings. The van der Waals surface area contributed by atoms with E-state index in [1.165, 1.54) is 0 Å². The van der Waals surface area contributed by atoms with Crippen molar-refractivity contribution < 1.29 is 4.42 Å². The minimum atomic E-state index is 0.521. The molecular weight excluding hydrogens is 843 g/mol. The van der Waals surface area contributed by atoms with Crippen LogP contribution in [0.2, 0.25) is 0 Å². The Labute approximate surface area is 396 Å². The van der Waals surface area contributed by atoms with Gasteiger partial charge in [-0.05, 0) is 70.3 Å². The molecule has 0 saturated heterocycles. The Morgan fingerprint density at radius 3 is 1.33 bits per heavy atom. The fourth-order valence-corrected chi connectivity index (χ4v) is 10.4. The van der Waals surface area contributed by atoms with Gasteiger partial charge in [-0.2, -0.15) is 9.97 Å². The minimum absolute atomic E-state index is 0.521. The molecule has 0 amide bonds. The van der Waals surface area contributed by atoms with E-state index in [1.807, 2.05) is 24.3 Å². The van der Waals surface area contributed by atoms with Crippen LogP contribution < -0.4 is 0 Å². The highest BCUT2D eigenvalue weighted by molar-refractivity contribution is 6.24. The number of hydrogen-bond acceptors (Lipinski definition) is 4. The highest BCUT2D eigenvalue weighted by Gasteiger charge is 2.25. The van der Waals surface area contributed by atoms with Crippen LogP contribution in [-0.2, 0) is 0 Å². The van der Waals surface area contributed by atoms with Crippen LogP contribution in [0.25, 0.3) is 133 Å². The normalized spacial score (nSPS) is 11.8. The van der Waals surface area contributed by atoms with Crippen molar-refractivity contribution in [3.8, 4) is 67.8 Å². The Balaban J connectivity index is 1.06. The molecule has 0 atom stereocenters. The number of fused-ring (bicyclic) bond motifs is 10. The van der Waals surface area contributed by atoms with Crippen LogP contribution in [0.15, 0.2) is 241 Å². The van der Waals surface area contributed by atoms with Crippen molar-refractivity contribution in [3.63, 3.8) is 0 Å². The third-order valence-corrected chi connectivity index (χ3v) is 13.6. The molecule has 0 unspecified atom stereocenters. The topological polar surface area (TPSA) is 61.7 Å². The molecule has 0 aliphatic carbocycles. The molecule has 6 nitrogen and oxygen atoms in total. The van der Waals surface area contributed by atoms with Gasteiger partial charge in [0, 0.05) is 49.0 Å². The summed E-state index contributed by atoms with van der Waals surface area (Å²) in [5.74, 6) is 1.65. The molecule has 6 heteroatoms. The lowest BCUT2D eigenvalue weighted by Crippen LogP contribution is -2.07. The number of para-hydroxylation sites is 2. The Hall–Kier alpha value is -9.39. The zero-order valence-electron chi connectivity index (χ0n) is 37.2. The monoisotopic (exact) mass is 881 g/mol. The highest BCUT2D eigenvalue weighted by atomic mass is 16.3. The zero-order chi connectivity index (χ0) is 45.4. The Bertz CT molecular complexity index is 4290. The lowest BCUT2D eigenvalue weighted by molar-refractivity contribution is 0.669. The molecule has 0 saturated carbocycles. The summed E-state index contributed by atoms with van der Waals surface area (Å²) in [7, 11) is 0. The fraction of sp³-hybridized carbons (Fsp3) is 0. The van der Waals surface area contributed by atoms with E-state index in [4.69, 9.17) is 19.4 Å². The van der Waals surface area contributed by atoms with Crippen molar-refractivity contribution in [1.29, 1.82) is 0 Å². The van der Waals surface area contributed by atoms with E-state index in [1.54, 1.807) is 0 Å². The van der Waals surface area contributed by atoms with Crippen LogP contribution in [-0.4, -0.2) is 24.1 Å². The maximum absolute atomic E-state index is 6.64. The Morgan fingerprint density at radius 2 is 0.725 bits per heavy atom. The van der Waals surface area contributed by atoms with E-state index in [0.29, 0.717) is 17.6 Å². The predicted octanol–water partition coefficient (Wildman–Crippen LogP) is 16.3. The van der Waals surface area contributed by atoms with Crippen LogP contribution in [0.1, 0.15) is 0 Å². The third-order valence-electron chi connectivity index (χ3n) is 13.6. The van der Waals surface area contributed by atoms with Gasteiger partial charge >= 0.3 is 0 Å². The molecule has 69 heavy (non-hydrogen) atoms. The summed E-state index contributed by atoms with van der Waals surface area (Å²) >= 11 is 0. The minimum Gasteiger partial charge on any atom is -0.456 e. The van der Waals surface area contributed by atoms with E-state index in [9.17, 15) is 0 Å². The van der Waals surface area contributed by atoms with E-state index in [0.717, 1.165) is 116 Å². The zero-order valence-corrected chi connectivity index (χ0v) is 37.2. The summed E-state index contributed by atoms with van der Waals surface area (Å²) in [6.45, 7) is 0. The number of furan rings is 1. The van der Waals surface area contributed by atoms with Gasteiger partial charge in [-0.15, -0.1) is 0 Å². The smallest absolute Gasteiger partial charge is 0.238 e. The molecule has 0 spiro atoms. The van der Waals surface area contributed by atoms with Gasteiger partial charge in [0.1, 0.15) is 11.2 Å². The maximum atomic E-state index is 6.64. The summed E-state index contributed by atoms with van der Waals surface area (Å²) < 4.78 is 11.4. The molecule has 0 fully saturated rings. The molecule has 4 heterocycles. The first-order valence-corrected chi connectivity index (χ1v) is 23.3. The maximum Gasteiger partial charge on any atom is 0.238 e. The van der Waals surface area contributed by atoms with Crippen LogP contribution in [0.4, 0.5) is 0 Å². The molecule has 0 bridgehead atoms. The molecule has 0 aliphatic heterocycles. The van der Waals surface area contributed by atoms with Crippen molar-refractivity contribution in [3.05, 3.63) is 237 Å². The van der Waals surface area contributed by atoms with Crippen LogP contribution in [0, 0.1) is 0 Å². The first kappa shape index (κ1) is 38.8. The van der Waals surface area contributed by atoms with Gasteiger partial charge in [0.05, 0.1) is 27.8 Å². The van der Waals surface area contributed by atoms with E-state index in [-0.39, 0.29) is 0 Å². The molecule has 4 aromatic heterocycles. The average molecular weight is 882 g/mol. The molecule has 0 radical (unpaired) electrons. The fourth-order valence-electron chi connectivity index (χ4n) is 10.4. The quantitative estimate of drug-likeness (QED) is 0.160. The SMILES string of the molecule is c1ccc(-c2ccc(-c3ccccc3)c(-n3c4ccccc4c4ccc5c6ccccc6n(-c6nc(-c7ccccc7)nc(-c7ccc8c(c7)oc7cc(-c9ccccc9)ccc78)n6)c5c43)c2)cc1. The van der Waals surface area contributed by atoms with Crippen LogP contribution >= 0.6 is 0 Å². The number of benzene rings is 10. The van der Waals surface area contributed by atoms with Crippen molar-refractivity contribution in [2.24, 2.45) is 0 Å².